The molecule has 1 heterocycles. The van der Waals surface area contributed by atoms with E-state index in [9.17, 15) is 0 Å². The van der Waals surface area contributed by atoms with Crippen molar-refractivity contribution in [3.63, 3.8) is 0 Å². The van der Waals surface area contributed by atoms with E-state index >= 15 is 0 Å². The molecule has 1 aliphatic rings. The molecule has 1 atom stereocenters. The van der Waals surface area contributed by atoms with Gasteiger partial charge in [0.2, 0.25) is 0 Å². The lowest BCUT2D eigenvalue weighted by atomic mass is 10.0. The van der Waals surface area contributed by atoms with Gasteiger partial charge in [-0.25, -0.2) is 0 Å². The molecule has 0 N–H and O–H groups in total. The summed E-state index contributed by atoms with van der Waals surface area (Å²) in [4.78, 5) is 5.27. The lowest BCUT2D eigenvalue weighted by Crippen LogP contribution is -2.55. The molecule has 0 spiro atoms. The number of hydrogen-bond donors (Lipinski definition) is 0. The van der Waals surface area contributed by atoms with Gasteiger partial charge >= 0.3 is 0 Å². The van der Waals surface area contributed by atoms with Gasteiger partial charge in [0.05, 0.1) is 0 Å². The summed E-state index contributed by atoms with van der Waals surface area (Å²) in [5, 5.41) is 0. The molecule has 1 unspecified atom stereocenters. The van der Waals surface area contributed by atoms with Crippen LogP contribution in [0.4, 0.5) is 0 Å². The van der Waals surface area contributed by atoms with Crippen molar-refractivity contribution in [3.8, 4) is 0 Å². The van der Waals surface area contributed by atoms with Crippen LogP contribution in [0.3, 0.4) is 0 Å². The average molecular weight is 226 g/mol. The van der Waals surface area contributed by atoms with Crippen molar-refractivity contribution >= 4 is 0 Å². The number of unbranched alkanes of at least 4 members (excludes halogenated alkanes) is 1. The maximum atomic E-state index is 2.66. The van der Waals surface area contributed by atoms with Gasteiger partial charge in [0.1, 0.15) is 0 Å². The summed E-state index contributed by atoms with van der Waals surface area (Å²) in [6.07, 6.45) is 4.07. The van der Waals surface area contributed by atoms with E-state index < -0.39 is 0 Å². The van der Waals surface area contributed by atoms with Gasteiger partial charge in [0.25, 0.3) is 0 Å². The molecule has 0 aromatic rings. The highest BCUT2D eigenvalue weighted by Gasteiger charge is 2.27. The summed E-state index contributed by atoms with van der Waals surface area (Å²) in [5.41, 5.74) is 0.346. The minimum atomic E-state index is 0.346. The third kappa shape index (κ3) is 4.06. The Morgan fingerprint density at radius 2 is 1.62 bits per heavy atom. The van der Waals surface area contributed by atoms with Crippen LogP contribution < -0.4 is 0 Å². The van der Waals surface area contributed by atoms with Gasteiger partial charge < -0.3 is 0 Å². The van der Waals surface area contributed by atoms with Gasteiger partial charge in [-0.1, -0.05) is 19.8 Å². The molecule has 0 saturated carbocycles. The van der Waals surface area contributed by atoms with Gasteiger partial charge in [0, 0.05) is 37.8 Å². The molecule has 2 heteroatoms. The van der Waals surface area contributed by atoms with Crippen LogP contribution in [0.5, 0.6) is 0 Å². The van der Waals surface area contributed by atoms with Crippen molar-refractivity contribution in [2.24, 2.45) is 0 Å². The van der Waals surface area contributed by atoms with Gasteiger partial charge in [-0.3, -0.25) is 9.80 Å². The van der Waals surface area contributed by atoms with Gasteiger partial charge in [-0.05, 0) is 34.1 Å². The Balaban J connectivity index is 2.31. The molecule has 96 valence electrons. The Morgan fingerprint density at radius 1 is 1.06 bits per heavy atom. The highest BCUT2D eigenvalue weighted by Crippen LogP contribution is 2.18. The molecule has 2 nitrogen and oxygen atoms in total. The topological polar surface area (TPSA) is 6.48 Å². The monoisotopic (exact) mass is 226 g/mol. The number of hydrogen-bond acceptors (Lipinski definition) is 2. The Kier molecular flexibility index (Phi) is 5.26. The predicted molar refractivity (Wildman–Crippen MR) is 71.9 cm³/mol. The minimum absolute atomic E-state index is 0.346. The molecule has 0 bridgehead atoms. The first kappa shape index (κ1) is 14.0. The van der Waals surface area contributed by atoms with Crippen LogP contribution in [-0.4, -0.2) is 47.6 Å². The van der Waals surface area contributed by atoms with Crippen LogP contribution in [0.2, 0.25) is 0 Å². The van der Waals surface area contributed by atoms with E-state index in [0.29, 0.717) is 5.54 Å². The Morgan fingerprint density at radius 3 is 2.06 bits per heavy atom. The van der Waals surface area contributed by atoms with E-state index in [1.54, 1.807) is 0 Å². The third-order valence-electron chi connectivity index (χ3n) is 3.86. The van der Waals surface area contributed by atoms with Crippen molar-refractivity contribution in [1.82, 2.24) is 9.80 Å². The fraction of sp³-hybridized carbons (Fsp3) is 1.00. The van der Waals surface area contributed by atoms with Gasteiger partial charge in [0.15, 0.2) is 0 Å². The van der Waals surface area contributed by atoms with Gasteiger partial charge in [-0.15, -0.1) is 0 Å². The van der Waals surface area contributed by atoms with Crippen LogP contribution in [0.25, 0.3) is 0 Å². The predicted octanol–water partition coefficient (Wildman–Crippen LogP) is 2.98. The molecule has 1 rings (SSSR count). The molecule has 0 aromatic heterocycles. The number of rotatable bonds is 4. The maximum absolute atomic E-state index is 2.66. The summed E-state index contributed by atoms with van der Waals surface area (Å²) in [5.74, 6) is 0. The summed E-state index contributed by atoms with van der Waals surface area (Å²) in [6.45, 7) is 16.6. The molecule has 0 aliphatic carbocycles. The molecule has 1 aliphatic heterocycles. The van der Waals surface area contributed by atoms with Gasteiger partial charge in [-0.2, -0.15) is 0 Å². The summed E-state index contributed by atoms with van der Waals surface area (Å²) in [6, 6.07) is 0.780. The Bertz CT molecular complexity index is 187. The molecule has 0 aromatic carbocycles. The second-order valence-electron chi connectivity index (χ2n) is 6.19. The molecule has 0 radical (unpaired) electrons. The van der Waals surface area contributed by atoms with E-state index in [1.807, 2.05) is 0 Å². The van der Waals surface area contributed by atoms with Crippen molar-refractivity contribution in [1.29, 1.82) is 0 Å². The van der Waals surface area contributed by atoms with Crippen molar-refractivity contribution in [2.45, 2.75) is 65.5 Å². The zero-order chi connectivity index (χ0) is 12.2. The lowest BCUT2D eigenvalue weighted by molar-refractivity contribution is 0.0435. The molecule has 0 amide bonds. The normalized spacial score (nSPS) is 22.3. The van der Waals surface area contributed by atoms with E-state index in [4.69, 9.17) is 0 Å². The van der Waals surface area contributed by atoms with E-state index in [1.165, 1.54) is 45.4 Å². The van der Waals surface area contributed by atoms with Crippen molar-refractivity contribution in [2.75, 3.05) is 26.2 Å². The molecule has 1 saturated heterocycles. The first-order valence-corrected chi connectivity index (χ1v) is 6.94. The highest BCUT2D eigenvalue weighted by atomic mass is 15.3. The molecule has 16 heavy (non-hydrogen) atoms. The zero-order valence-electron chi connectivity index (χ0n) is 11.9. The van der Waals surface area contributed by atoms with Crippen LogP contribution in [0, 0.1) is 0 Å². The Labute approximate surface area is 102 Å². The lowest BCUT2D eigenvalue weighted by Gasteiger charge is -2.44. The fourth-order valence-corrected chi connectivity index (χ4v) is 2.52. The molecular weight excluding hydrogens is 196 g/mol. The molecular formula is C14H30N2. The number of nitrogens with zero attached hydrogens (tertiary/aromatic N) is 2. The fourth-order valence-electron chi connectivity index (χ4n) is 2.52. The molecule has 1 fully saturated rings. The van der Waals surface area contributed by atoms with Crippen LogP contribution >= 0.6 is 0 Å². The quantitative estimate of drug-likeness (QED) is 0.727. The highest BCUT2D eigenvalue weighted by molar-refractivity contribution is 4.83. The summed E-state index contributed by atoms with van der Waals surface area (Å²) in [7, 11) is 0. The average Bonchev–Trinajstić information content (AvgIpc) is 2.25. The summed E-state index contributed by atoms with van der Waals surface area (Å²) >= 11 is 0. The zero-order valence-corrected chi connectivity index (χ0v) is 11.9. The largest absolute Gasteiger partial charge is 0.298 e. The SMILES string of the molecule is CCCCC(C)N1CCN(C(C)(C)C)CC1. The first-order valence-electron chi connectivity index (χ1n) is 6.94. The van der Waals surface area contributed by atoms with Crippen LogP contribution in [-0.2, 0) is 0 Å². The number of piperazine rings is 1. The van der Waals surface area contributed by atoms with Crippen molar-refractivity contribution < 1.29 is 0 Å². The summed E-state index contributed by atoms with van der Waals surface area (Å²) < 4.78 is 0. The van der Waals surface area contributed by atoms with Crippen molar-refractivity contribution in [3.05, 3.63) is 0 Å². The smallest absolute Gasteiger partial charge is 0.0126 e. The van der Waals surface area contributed by atoms with E-state index in [0.717, 1.165) is 6.04 Å². The van der Waals surface area contributed by atoms with E-state index in [2.05, 4.69) is 44.4 Å². The van der Waals surface area contributed by atoms with E-state index in [-0.39, 0.29) is 0 Å². The Hall–Kier alpha value is -0.0800. The maximum Gasteiger partial charge on any atom is 0.0126 e. The standard InChI is InChI=1S/C14H30N2/c1-6-7-8-13(2)15-9-11-16(12-10-15)14(3,4)5/h13H,6-12H2,1-5H3. The second-order valence-corrected chi connectivity index (χ2v) is 6.19. The minimum Gasteiger partial charge on any atom is -0.298 e. The second kappa shape index (κ2) is 6.02. The van der Waals surface area contributed by atoms with Crippen LogP contribution in [0.15, 0.2) is 0 Å². The first-order chi connectivity index (χ1) is 7.45. The third-order valence-corrected chi connectivity index (χ3v) is 3.86. The van der Waals surface area contributed by atoms with Crippen LogP contribution in [0.1, 0.15) is 53.9 Å².